The molecule has 1 saturated heterocycles. The quantitative estimate of drug-likeness (QED) is 0.435. The highest BCUT2D eigenvalue weighted by molar-refractivity contribution is 8.77. The number of nitrogens with one attached hydrogen (secondary N) is 1. The lowest BCUT2D eigenvalue weighted by Gasteiger charge is -2.06. The van der Waals surface area contributed by atoms with Gasteiger partial charge in [0.05, 0.1) is 0 Å². The van der Waals surface area contributed by atoms with Gasteiger partial charge in [0.1, 0.15) is 0 Å². The molecule has 1 unspecified atom stereocenters. The summed E-state index contributed by atoms with van der Waals surface area (Å²) in [4.78, 5) is 20.8. The first kappa shape index (κ1) is 13.7. The summed E-state index contributed by atoms with van der Waals surface area (Å²) in [5, 5.41) is 11.5. The fraction of sp³-hybridized carbons (Fsp3) is 0.800. The highest BCUT2D eigenvalue weighted by Gasteiger charge is 2.15. The molecule has 0 aromatic heterocycles. The van der Waals surface area contributed by atoms with Gasteiger partial charge in [0.2, 0.25) is 0 Å². The van der Waals surface area contributed by atoms with Crippen LogP contribution in [0.25, 0.3) is 0 Å². The van der Waals surface area contributed by atoms with Crippen molar-refractivity contribution in [3.8, 4) is 0 Å². The number of carbonyl (C=O) groups excluding carboxylic acids is 1. The summed E-state index contributed by atoms with van der Waals surface area (Å²) in [5.74, 6) is -1.04. The summed E-state index contributed by atoms with van der Waals surface area (Å²) in [6.45, 7) is 0.470. The van der Waals surface area contributed by atoms with E-state index in [1.807, 2.05) is 21.6 Å². The predicted molar refractivity (Wildman–Crippen MR) is 67.6 cm³/mol. The molecule has 16 heavy (non-hydrogen) atoms. The average molecular weight is 263 g/mol. The zero-order chi connectivity index (χ0) is 11.8. The van der Waals surface area contributed by atoms with Crippen LogP contribution in [0.5, 0.6) is 0 Å². The van der Waals surface area contributed by atoms with Crippen LogP contribution < -0.4 is 5.32 Å². The van der Waals surface area contributed by atoms with Gasteiger partial charge < -0.3 is 10.4 Å². The number of carboxylic acids is 1. The van der Waals surface area contributed by atoms with E-state index < -0.39 is 11.9 Å². The number of carboxylic acid groups (broad SMARTS) is 1. The first-order chi connectivity index (χ1) is 7.70. The van der Waals surface area contributed by atoms with Crippen LogP contribution >= 0.6 is 21.6 Å². The van der Waals surface area contributed by atoms with Crippen molar-refractivity contribution >= 4 is 33.5 Å². The molecule has 0 aromatic carbocycles. The molecule has 6 heteroatoms. The molecule has 0 bridgehead atoms. The van der Waals surface area contributed by atoms with E-state index in [0.29, 0.717) is 6.54 Å². The Hall–Kier alpha value is -0.360. The molecule has 0 saturated carbocycles. The van der Waals surface area contributed by atoms with Crippen molar-refractivity contribution in [2.24, 2.45) is 0 Å². The summed E-state index contributed by atoms with van der Waals surface area (Å²) in [7, 11) is 3.94. The van der Waals surface area contributed by atoms with Gasteiger partial charge >= 0.3 is 11.9 Å². The molecule has 1 rings (SSSR count). The molecule has 2 N–H and O–H groups in total. The van der Waals surface area contributed by atoms with Crippen molar-refractivity contribution in [3.05, 3.63) is 0 Å². The number of hydrogen-bond donors (Lipinski definition) is 2. The number of rotatable bonds is 6. The van der Waals surface area contributed by atoms with Gasteiger partial charge in [-0.25, -0.2) is 4.79 Å². The molecule has 0 aliphatic carbocycles. The maximum atomic E-state index is 10.7. The normalized spacial score (nSPS) is 19.6. The van der Waals surface area contributed by atoms with Crippen LogP contribution in [0.15, 0.2) is 0 Å². The zero-order valence-corrected chi connectivity index (χ0v) is 10.7. The van der Waals surface area contributed by atoms with Gasteiger partial charge in [-0.15, -0.1) is 0 Å². The maximum Gasteiger partial charge on any atom is 0.394 e. The average Bonchev–Trinajstić information content (AvgIpc) is 2.75. The van der Waals surface area contributed by atoms with E-state index in [1.54, 1.807) is 0 Å². The fourth-order valence-corrected chi connectivity index (χ4v) is 4.54. The third kappa shape index (κ3) is 5.65. The van der Waals surface area contributed by atoms with E-state index in [4.69, 9.17) is 5.11 Å². The van der Waals surface area contributed by atoms with Gasteiger partial charge in [0.15, 0.2) is 0 Å². The largest absolute Gasteiger partial charge is 0.474 e. The van der Waals surface area contributed by atoms with Gasteiger partial charge in [-0.05, 0) is 19.3 Å². The molecule has 4 nitrogen and oxygen atoms in total. The molecule has 92 valence electrons. The Kier molecular flexibility index (Phi) is 6.71. The topological polar surface area (TPSA) is 66.4 Å². The first-order valence-electron chi connectivity index (χ1n) is 5.49. The van der Waals surface area contributed by atoms with Gasteiger partial charge in [0, 0.05) is 17.5 Å². The lowest BCUT2D eigenvalue weighted by Crippen LogP contribution is -2.31. The molecular weight excluding hydrogens is 246 g/mol. The summed E-state index contributed by atoms with van der Waals surface area (Å²) in [5.41, 5.74) is 0. The van der Waals surface area contributed by atoms with E-state index in [0.717, 1.165) is 18.1 Å². The van der Waals surface area contributed by atoms with Crippen LogP contribution in [0.2, 0.25) is 0 Å². The van der Waals surface area contributed by atoms with E-state index in [2.05, 4.69) is 5.32 Å². The van der Waals surface area contributed by atoms with E-state index in [-0.39, 0.29) is 0 Å². The maximum absolute atomic E-state index is 10.7. The summed E-state index contributed by atoms with van der Waals surface area (Å²) in [6.07, 6.45) is 5.64. The zero-order valence-electron chi connectivity index (χ0n) is 9.11. The lowest BCUT2D eigenvalue weighted by molar-refractivity contribution is -0.150. The van der Waals surface area contributed by atoms with Crippen molar-refractivity contribution in [1.82, 2.24) is 5.32 Å². The molecule has 1 fully saturated rings. The highest BCUT2D eigenvalue weighted by Crippen LogP contribution is 2.39. The standard InChI is InChI=1S/C10H17NO3S2/c12-9(10(13)14)11-6-3-1-2-4-8-5-7-15-16-8/h8H,1-7H2,(H,11,12)(H,13,14). The minimum atomic E-state index is -1.40. The van der Waals surface area contributed by atoms with Crippen LogP contribution in [-0.2, 0) is 9.59 Å². The summed E-state index contributed by atoms with van der Waals surface area (Å²) >= 11 is 0. The van der Waals surface area contributed by atoms with Crippen LogP contribution in [0.1, 0.15) is 32.1 Å². The molecule has 0 aromatic rings. The Morgan fingerprint density at radius 2 is 2.12 bits per heavy atom. The Labute approximate surface area is 103 Å². The number of hydrogen-bond acceptors (Lipinski definition) is 4. The molecular formula is C10H17NO3S2. The van der Waals surface area contributed by atoms with E-state index in [1.165, 1.54) is 25.0 Å². The van der Waals surface area contributed by atoms with Crippen molar-refractivity contribution in [2.45, 2.75) is 37.4 Å². The third-order valence-corrected chi connectivity index (χ3v) is 5.42. The number of carbonyl (C=O) groups is 2. The van der Waals surface area contributed by atoms with Crippen molar-refractivity contribution in [3.63, 3.8) is 0 Å². The highest BCUT2D eigenvalue weighted by atomic mass is 33.1. The minimum Gasteiger partial charge on any atom is -0.474 e. The van der Waals surface area contributed by atoms with E-state index in [9.17, 15) is 9.59 Å². The molecule has 1 aliphatic heterocycles. The molecule has 0 spiro atoms. The fourth-order valence-electron chi connectivity index (χ4n) is 1.52. The van der Waals surface area contributed by atoms with Gasteiger partial charge in [-0.3, -0.25) is 4.79 Å². The van der Waals surface area contributed by atoms with E-state index >= 15 is 0 Å². The predicted octanol–water partition coefficient (Wildman–Crippen LogP) is 1.90. The Balaban J connectivity index is 1.88. The first-order valence-corrected chi connectivity index (χ1v) is 7.88. The molecule has 0 radical (unpaired) electrons. The van der Waals surface area contributed by atoms with Crippen molar-refractivity contribution in [2.75, 3.05) is 12.3 Å². The second-order valence-electron chi connectivity index (χ2n) is 3.74. The third-order valence-electron chi connectivity index (χ3n) is 2.41. The SMILES string of the molecule is O=C(O)C(=O)NCCCCCC1CCSS1. The van der Waals surface area contributed by atoms with Crippen LogP contribution in [0, 0.1) is 0 Å². The smallest absolute Gasteiger partial charge is 0.394 e. The lowest BCUT2D eigenvalue weighted by atomic mass is 10.1. The minimum absolute atomic E-state index is 0.470. The van der Waals surface area contributed by atoms with Crippen molar-refractivity contribution in [1.29, 1.82) is 0 Å². The second kappa shape index (κ2) is 7.84. The molecule has 1 aliphatic rings. The van der Waals surface area contributed by atoms with Crippen molar-refractivity contribution < 1.29 is 14.7 Å². The number of amides is 1. The van der Waals surface area contributed by atoms with Gasteiger partial charge in [-0.2, -0.15) is 0 Å². The monoisotopic (exact) mass is 263 g/mol. The molecule has 1 heterocycles. The number of unbranched alkanes of at least 4 members (excludes halogenated alkanes) is 2. The Morgan fingerprint density at radius 1 is 1.31 bits per heavy atom. The Morgan fingerprint density at radius 3 is 2.75 bits per heavy atom. The Bertz CT molecular complexity index is 242. The summed E-state index contributed by atoms with van der Waals surface area (Å²) in [6, 6.07) is 0. The van der Waals surface area contributed by atoms with Gasteiger partial charge in [-0.1, -0.05) is 34.4 Å². The molecule has 1 amide bonds. The van der Waals surface area contributed by atoms with Crippen LogP contribution in [0.3, 0.4) is 0 Å². The number of aliphatic carboxylic acids is 1. The van der Waals surface area contributed by atoms with Gasteiger partial charge in [0.25, 0.3) is 0 Å². The van der Waals surface area contributed by atoms with Crippen LogP contribution in [0.4, 0.5) is 0 Å². The molecule has 1 atom stereocenters. The second-order valence-corrected chi connectivity index (χ2v) is 6.53. The summed E-state index contributed by atoms with van der Waals surface area (Å²) < 4.78 is 0. The van der Waals surface area contributed by atoms with Crippen LogP contribution in [-0.4, -0.2) is 34.5 Å².